The van der Waals surface area contributed by atoms with Gasteiger partial charge in [0.05, 0.1) is 0 Å². The summed E-state index contributed by atoms with van der Waals surface area (Å²) >= 11 is 0. The molecule has 2 N–H and O–H groups in total. The van der Waals surface area contributed by atoms with Crippen molar-refractivity contribution in [1.29, 1.82) is 0 Å². The lowest BCUT2D eigenvalue weighted by Crippen LogP contribution is -2.45. The van der Waals surface area contributed by atoms with E-state index < -0.39 is 5.60 Å². The second-order valence-corrected chi connectivity index (χ2v) is 8.98. The van der Waals surface area contributed by atoms with Crippen LogP contribution in [-0.4, -0.2) is 80.2 Å². The highest BCUT2D eigenvalue weighted by Crippen LogP contribution is 2.28. The molecule has 172 valence electrons. The minimum Gasteiger partial charge on any atom is -0.444 e. The summed E-state index contributed by atoms with van der Waals surface area (Å²) in [7, 11) is 5.22. The van der Waals surface area contributed by atoms with E-state index in [9.17, 15) is 9.59 Å². The van der Waals surface area contributed by atoms with Gasteiger partial charge in [-0.2, -0.15) is 0 Å². The van der Waals surface area contributed by atoms with Crippen LogP contribution in [0.15, 0.2) is 29.3 Å². The van der Waals surface area contributed by atoms with Crippen LogP contribution in [0.1, 0.15) is 49.5 Å². The molecular weight excluding hydrogens is 394 g/mol. The van der Waals surface area contributed by atoms with Crippen LogP contribution in [0, 0.1) is 0 Å². The van der Waals surface area contributed by atoms with Crippen molar-refractivity contribution < 1.29 is 14.3 Å². The third-order valence-electron chi connectivity index (χ3n) is 4.77. The number of guanidine groups is 1. The summed E-state index contributed by atoms with van der Waals surface area (Å²) in [6.07, 6.45) is 2.57. The lowest BCUT2D eigenvalue weighted by atomic mass is 10.1. The van der Waals surface area contributed by atoms with E-state index in [4.69, 9.17) is 4.74 Å². The monoisotopic (exact) mass is 431 g/mol. The van der Waals surface area contributed by atoms with Crippen LogP contribution in [0.5, 0.6) is 0 Å². The highest BCUT2D eigenvalue weighted by Gasteiger charge is 2.34. The molecule has 8 nitrogen and oxygen atoms in total. The number of aliphatic imine (C=N–C) groups is 1. The summed E-state index contributed by atoms with van der Waals surface area (Å²) in [5, 5.41) is 6.54. The number of benzene rings is 1. The Morgan fingerprint density at radius 1 is 1.16 bits per heavy atom. The first-order valence-electron chi connectivity index (χ1n) is 10.9. The standard InChI is InChI=1S/C23H37N5O3/c1-23(2,3)31-22(30)28(19-10-11-19)15-14-26-21(24-4)25-13-12-17-8-7-9-18(16-17)20(29)27(5)6/h7-9,16,19H,10-15H2,1-6H3,(H2,24,25,26). The Labute approximate surface area is 186 Å². The quantitative estimate of drug-likeness (QED) is 0.488. The molecule has 2 rings (SSSR count). The van der Waals surface area contributed by atoms with Gasteiger partial charge in [0.25, 0.3) is 5.91 Å². The van der Waals surface area contributed by atoms with Crippen molar-refractivity contribution in [2.75, 3.05) is 40.8 Å². The fraction of sp³-hybridized carbons (Fsp3) is 0.609. The van der Waals surface area contributed by atoms with Crippen molar-refractivity contribution in [3.05, 3.63) is 35.4 Å². The van der Waals surface area contributed by atoms with Gasteiger partial charge in [-0.25, -0.2) is 4.79 Å². The maximum absolute atomic E-state index is 12.4. The molecule has 1 aromatic rings. The van der Waals surface area contributed by atoms with E-state index >= 15 is 0 Å². The second kappa shape index (κ2) is 11.0. The number of amides is 2. The molecule has 0 bridgehead atoms. The largest absolute Gasteiger partial charge is 0.444 e. The molecule has 31 heavy (non-hydrogen) atoms. The SMILES string of the molecule is CN=C(NCCc1cccc(C(=O)N(C)C)c1)NCCN(C(=O)OC(C)(C)C)C1CC1. The summed E-state index contributed by atoms with van der Waals surface area (Å²) in [5.74, 6) is 0.679. The van der Waals surface area contributed by atoms with Crippen LogP contribution < -0.4 is 10.6 Å². The van der Waals surface area contributed by atoms with E-state index in [1.54, 1.807) is 30.9 Å². The van der Waals surface area contributed by atoms with Crippen molar-refractivity contribution in [2.45, 2.75) is 51.7 Å². The minimum absolute atomic E-state index is 0.00232. The van der Waals surface area contributed by atoms with Gasteiger partial charge in [-0.3, -0.25) is 9.79 Å². The highest BCUT2D eigenvalue weighted by atomic mass is 16.6. The van der Waals surface area contributed by atoms with Crippen molar-refractivity contribution in [3.8, 4) is 0 Å². The first-order chi connectivity index (χ1) is 14.6. The molecule has 1 aromatic carbocycles. The minimum atomic E-state index is -0.496. The fourth-order valence-electron chi connectivity index (χ4n) is 3.09. The van der Waals surface area contributed by atoms with Crippen LogP contribution in [0.3, 0.4) is 0 Å². The molecule has 1 aliphatic rings. The van der Waals surface area contributed by atoms with Crippen molar-refractivity contribution >= 4 is 18.0 Å². The molecule has 0 radical (unpaired) electrons. The average molecular weight is 432 g/mol. The first-order valence-corrected chi connectivity index (χ1v) is 10.9. The van der Waals surface area contributed by atoms with E-state index in [0.29, 0.717) is 31.2 Å². The van der Waals surface area contributed by atoms with Crippen molar-refractivity contribution in [1.82, 2.24) is 20.4 Å². The summed E-state index contributed by atoms with van der Waals surface area (Å²) in [4.78, 5) is 32.2. The molecule has 1 saturated carbocycles. The molecule has 0 aromatic heterocycles. The fourth-order valence-corrected chi connectivity index (χ4v) is 3.09. The molecule has 1 aliphatic carbocycles. The lowest BCUT2D eigenvalue weighted by Gasteiger charge is -2.27. The molecular formula is C23H37N5O3. The predicted molar refractivity (Wildman–Crippen MR) is 123 cm³/mol. The van der Waals surface area contributed by atoms with E-state index in [1.807, 2.05) is 45.0 Å². The third-order valence-corrected chi connectivity index (χ3v) is 4.77. The van der Waals surface area contributed by atoms with Crippen molar-refractivity contribution in [3.63, 3.8) is 0 Å². The Morgan fingerprint density at radius 3 is 2.42 bits per heavy atom. The van der Waals surface area contributed by atoms with Gasteiger partial charge in [0.15, 0.2) is 5.96 Å². The van der Waals surface area contributed by atoms with E-state index in [0.717, 1.165) is 24.8 Å². The Hall–Kier alpha value is -2.77. The number of carbonyl (C=O) groups is 2. The Kier molecular flexibility index (Phi) is 8.71. The van der Waals surface area contributed by atoms with Crippen LogP contribution >= 0.6 is 0 Å². The lowest BCUT2D eigenvalue weighted by molar-refractivity contribution is 0.0237. The van der Waals surface area contributed by atoms with Crippen LogP contribution in [0.2, 0.25) is 0 Å². The molecule has 0 spiro atoms. The topological polar surface area (TPSA) is 86.3 Å². The maximum Gasteiger partial charge on any atom is 0.410 e. The van der Waals surface area contributed by atoms with Crippen LogP contribution in [-0.2, 0) is 11.2 Å². The molecule has 0 heterocycles. The number of hydrogen-bond acceptors (Lipinski definition) is 4. The maximum atomic E-state index is 12.4. The predicted octanol–water partition coefficient (Wildman–Crippen LogP) is 2.50. The summed E-state index contributed by atoms with van der Waals surface area (Å²) in [6.45, 7) is 7.47. The Bertz CT molecular complexity index is 782. The van der Waals surface area contributed by atoms with Gasteiger partial charge in [0.2, 0.25) is 0 Å². The average Bonchev–Trinajstić information content (AvgIpc) is 3.53. The molecule has 1 fully saturated rings. The van der Waals surface area contributed by atoms with Gasteiger partial charge < -0.3 is 25.2 Å². The smallest absolute Gasteiger partial charge is 0.410 e. The van der Waals surface area contributed by atoms with Crippen LogP contribution in [0.4, 0.5) is 4.79 Å². The molecule has 0 aliphatic heterocycles. The zero-order valence-electron chi connectivity index (χ0n) is 19.7. The molecule has 2 amide bonds. The number of nitrogens with one attached hydrogen (secondary N) is 2. The summed E-state index contributed by atoms with van der Waals surface area (Å²) in [5.41, 5.74) is 1.27. The Balaban J connectivity index is 1.78. The summed E-state index contributed by atoms with van der Waals surface area (Å²) < 4.78 is 5.53. The van der Waals surface area contributed by atoms with Gasteiger partial charge in [-0.05, 0) is 57.7 Å². The molecule has 8 heteroatoms. The van der Waals surface area contributed by atoms with Gasteiger partial charge >= 0.3 is 6.09 Å². The zero-order chi connectivity index (χ0) is 23.0. The van der Waals surface area contributed by atoms with Gasteiger partial charge in [0.1, 0.15) is 5.60 Å². The number of rotatable bonds is 8. The number of hydrogen-bond donors (Lipinski definition) is 2. The second-order valence-electron chi connectivity index (χ2n) is 8.98. The molecule has 0 saturated heterocycles. The zero-order valence-corrected chi connectivity index (χ0v) is 19.7. The van der Waals surface area contributed by atoms with Gasteiger partial charge in [-0.1, -0.05) is 12.1 Å². The number of ether oxygens (including phenoxy) is 1. The Morgan fingerprint density at radius 2 is 1.84 bits per heavy atom. The van der Waals surface area contributed by atoms with Gasteiger partial charge in [0, 0.05) is 52.4 Å². The number of nitrogens with zero attached hydrogens (tertiary/aromatic N) is 3. The normalized spacial score (nSPS) is 14.1. The third kappa shape index (κ3) is 8.47. The van der Waals surface area contributed by atoms with E-state index in [2.05, 4.69) is 15.6 Å². The van der Waals surface area contributed by atoms with Crippen LogP contribution in [0.25, 0.3) is 0 Å². The van der Waals surface area contributed by atoms with Gasteiger partial charge in [-0.15, -0.1) is 0 Å². The molecule has 0 unspecified atom stereocenters. The number of carbonyl (C=O) groups excluding carboxylic acids is 2. The van der Waals surface area contributed by atoms with E-state index in [1.165, 1.54) is 0 Å². The highest BCUT2D eigenvalue weighted by molar-refractivity contribution is 5.94. The molecule has 0 atom stereocenters. The van der Waals surface area contributed by atoms with Crippen molar-refractivity contribution in [2.24, 2.45) is 4.99 Å². The van der Waals surface area contributed by atoms with E-state index in [-0.39, 0.29) is 18.0 Å². The summed E-state index contributed by atoms with van der Waals surface area (Å²) in [6, 6.07) is 7.95. The first kappa shape index (κ1) is 24.5.